The van der Waals surface area contributed by atoms with E-state index in [9.17, 15) is 19.7 Å². The molecule has 9 nitrogen and oxygen atoms in total. The van der Waals surface area contributed by atoms with Gasteiger partial charge in [-0.2, -0.15) is 0 Å². The van der Waals surface area contributed by atoms with Gasteiger partial charge < -0.3 is 20.2 Å². The van der Waals surface area contributed by atoms with Gasteiger partial charge in [0.2, 0.25) is 5.75 Å². The van der Waals surface area contributed by atoms with Crippen molar-refractivity contribution in [3.8, 4) is 5.75 Å². The summed E-state index contributed by atoms with van der Waals surface area (Å²) in [5, 5.41) is 15.0. The molecular weight excluding hydrogens is 256 g/mol. The number of nitrogens with zero attached hydrogens (tertiary/aromatic N) is 2. The first-order valence-electron chi connectivity index (χ1n) is 5.34. The predicted octanol–water partition coefficient (Wildman–Crippen LogP) is 0.214. The number of carbonyl (C=O) groups excluding carboxylic acids is 2. The van der Waals surface area contributed by atoms with Crippen LogP contribution in [0.3, 0.4) is 0 Å². The number of ether oxygens (including phenoxy) is 1. The molecule has 0 aliphatic heterocycles. The molecule has 0 aliphatic rings. The highest BCUT2D eigenvalue weighted by Crippen LogP contribution is 2.22. The first kappa shape index (κ1) is 14.4. The quantitative estimate of drug-likeness (QED) is 0.581. The monoisotopic (exact) mass is 268 g/mol. The van der Waals surface area contributed by atoms with Crippen LogP contribution in [0, 0.1) is 10.1 Å². The molecule has 1 heterocycles. The third-order valence-corrected chi connectivity index (χ3v) is 1.87. The Morgan fingerprint density at radius 3 is 2.89 bits per heavy atom. The Morgan fingerprint density at radius 1 is 1.53 bits per heavy atom. The number of amides is 3. The van der Waals surface area contributed by atoms with Crippen LogP contribution in [0.25, 0.3) is 0 Å². The van der Waals surface area contributed by atoms with Crippen LogP contribution in [0.2, 0.25) is 0 Å². The molecule has 0 spiro atoms. The van der Waals surface area contributed by atoms with Gasteiger partial charge in [0.05, 0.1) is 0 Å². The highest BCUT2D eigenvalue weighted by Gasteiger charge is 2.17. The normalized spacial score (nSPS) is 9.53. The largest absolute Gasteiger partial charge is 0.476 e. The number of rotatable bonds is 5. The Labute approximate surface area is 108 Å². The number of urea groups is 1. The molecule has 0 aliphatic carbocycles. The van der Waals surface area contributed by atoms with Crippen LogP contribution in [-0.4, -0.2) is 35.0 Å². The summed E-state index contributed by atoms with van der Waals surface area (Å²) < 4.78 is 4.94. The van der Waals surface area contributed by atoms with E-state index in [4.69, 9.17) is 4.74 Å². The van der Waals surface area contributed by atoms with Crippen molar-refractivity contribution in [1.29, 1.82) is 0 Å². The summed E-state index contributed by atoms with van der Waals surface area (Å²) in [6, 6.07) is 2.09. The second-order valence-electron chi connectivity index (χ2n) is 3.28. The van der Waals surface area contributed by atoms with Crippen LogP contribution in [-0.2, 0) is 4.79 Å². The molecule has 2 N–H and O–H groups in total. The minimum atomic E-state index is -0.725. The molecule has 0 bridgehead atoms. The van der Waals surface area contributed by atoms with E-state index in [1.165, 1.54) is 18.3 Å². The molecule has 1 rings (SSSR count). The molecule has 1 aromatic rings. The predicted molar refractivity (Wildman–Crippen MR) is 63.6 cm³/mol. The van der Waals surface area contributed by atoms with Crippen LogP contribution < -0.4 is 15.4 Å². The Bertz CT molecular complexity index is 491. The van der Waals surface area contributed by atoms with Crippen molar-refractivity contribution in [3.05, 3.63) is 28.4 Å². The average Bonchev–Trinajstić information content (AvgIpc) is 2.36. The summed E-state index contributed by atoms with van der Waals surface area (Å²) >= 11 is 0. The molecule has 0 atom stereocenters. The Morgan fingerprint density at radius 2 is 2.26 bits per heavy atom. The summed E-state index contributed by atoms with van der Waals surface area (Å²) in [6.45, 7) is 1.54. The van der Waals surface area contributed by atoms with Crippen LogP contribution in [0.5, 0.6) is 5.75 Å². The zero-order chi connectivity index (χ0) is 14.3. The fourth-order valence-corrected chi connectivity index (χ4v) is 1.14. The highest BCUT2D eigenvalue weighted by atomic mass is 16.6. The number of nitrogens with one attached hydrogen (secondary N) is 2. The molecule has 0 saturated heterocycles. The fraction of sp³-hybridized carbons (Fsp3) is 0.300. The maximum Gasteiger partial charge on any atom is 0.406 e. The van der Waals surface area contributed by atoms with Crippen molar-refractivity contribution in [2.75, 3.05) is 13.2 Å². The van der Waals surface area contributed by atoms with Crippen molar-refractivity contribution >= 4 is 17.8 Å². The number of pyridine rings is 1. The van der Waals surface area contributed by atoms with Gasteiger partial charge in [0.15, 0.2) is 6.61 Å². The van der Waals surface area contributed by atoms with Crippen molar-refractivity contribution in [3.63, 3.8) is 0 Å². The SMILES string of the molecule is CCNC(=O)NC(=O)COc1cccnc1[N+](=O)[O-]. The van der Waals surface area contributed by atoms with Gasteiger partial charge >= 0.3 is 11.8 Å². The third kappa shape index (κ3) is 4.58. The number of aromatic nitrogens is 1. The standard InChI is InChI=1S/C10H12N4O5/c1-2-11-10(16)13-8(15)6-19-7-4-3-5-12-9(7)14(17)18/h3-5H,2,6H2,1H3,(H2,11,13,15,16). The first-order chi connectivity index (χ1) is 9.04. The topological polar surface area (TPSA) is 123 Å². The van der Waals surface area contributed by atoms with Gasteiger partial charge in [-0.05, 0) is 29.0 Å². The minimum absolute atomic E-state index is 0.140. The first-order valence-corrected chi connectivity index (χ1v) is 5.34. The molecule has 0 saturated carbocycles. The van der Waals surface area contributed by atoms with Crippen molar-refractivity contribution in [2.24, 2.45) is 0 Å². The number of nitro groups is 1. The lowest BCUT2D eigenvalue weighted by molar-refractivity contribution is -0.390. The second-order valence-corrected chi connectivity index (χ2v) is 3.28. The van der Waals surface area contributed by atoms with E-state index >= 15 is 0 Å². The average molecular weight is 268 g/mol. The minimum Gasteiger partial charge on any atom is -0.476 e. The highest BCUT2D eigenvalue weighted by molar-refractivity contribution is 5.94. The van der Waals surface area contributed by atoms with Gasteiger partial charge in [0.25, 0.3) is 5.91 Å². The van der Waals surface area contributed by atoms with Gasteiger partial charge in [0, 0.05) is 6.54 Å². The molecule has 3 amide bonds. The van der Waals surface area contributed by atoms with Crippen LogP contribution in [0.15, 0.2) is 18.3 Å². The van der Waals surface area contributed by atoms with Crippen molar-refractivity contribution in [1.82, 2.24) is 15.6 Å². The number of carbonyl (C=O) groups is 2. The molecule has 102 valence electrons. The lowest BCUT2D eigenvalue weighted by Gasteiger charge is -2.06. The summed E-state index contributed by atoms with van der Waals surface area (Å²) in [7, 11) is 0. The Hall–Kier alpha value is -2.71. The lowest BCUT2D eigenvalue weighted by atomic mass is 10.4. The van der Waals surface area contributed by atoms with E-state index in [2.05, 4.69) is 10.3 Å². The zero-order valence-corrected chi connectivity index (χ0v) is 10.1. The van der Waals surface area contributed by atoms with Gasteiger partial charge in [0.1, 0.15) is 6.20 Å². The van der Waals surface area contributed by atoms with Crippen LogP contribution >= 0.6 is 0 Å². The molecule has 0 radical (unpaired) electrons. The maximum atomic E-state index is 11.3. The molecule has 9 heteroatoms. The molecule has 19 heavy (non-hydrogen) atoms. The zero-order valence-electron chi connectivity index (χ0n) is 10.1. The lowest BCUT2D eigenvalue weighted by Crippen LogP contribution is -2.41. The number of imide groups is 1. The van der Waals surface area contributed by atoms with Crippen LogP contribution in [0.4, 0.5) is 10.6 Å². The van der Waals surface area contributed by atoms with Crippen molar-refractivity contribution in [2.45, 2.75) is 6.92 Å². The number of hydrogen-bond donors (Lipinski definition) is 2. The Balaban J connectivity index is 2.55. The molecule has 1 aromatic heterocycles. The summed E-state index contributed by atoms with van der Waals surface area (Å²) in [4.78, 5) is 35.7. The smallest absolute Gasteiger partial charge is 0.406 e. The van der Waals surface area contributed by atoms with Gasteiger partial charge in [-0.25, -0.2) is 4.79 Å². The van der Waals surface area contributed by atoms with Gasteiger partial charge in [-0.15, -0.1) is 0 Å². The van der Waals surface area contributed by atoms with E-state index in [0.29, 0.717) is 6.54 Å². The second kappa shape index (κ2) is 6.89. The van der Waals surface area contributed by atoms with E-state index < -0.39 is 29.3 Å². The molecule has 0 fully saturated rings. The maximum absolute atomic E-state index is 11.3. The van der Waals surface area contributed by atoms with Gasteiger partial charge in [-0.3, -0.25) is 10.1 Å². The van der Waals surface area contributed by atoms with Crippen LogP contribution in [0.1, 0.15) is 6.92 Å². The summed E-state index contributed by atoms with van der Waals surface area (Å²) in [6.07, 6.45) is 1.24. The van der Waals surface area contributed by atoms with E-state index in [1.54, 1.807) is 6.92 Å². The van der Waals surface area contributed by atoms with E-state index in [-0.39, 0.29) is 5.75 Å². The summed E-state index contributed by atoms with van der Waals surface area (Å²) in [5.74, 6) is -1.35. The Kier molecular flexibility index (Phi) is 5.20. The number of hydrogen-bond acceptors (Lipinski definition) is 6. The van der Waals surface area contributed by atoms with E-state index in [1.807, 2.05) is 5.32 Å². The molecule has 0 aromatic carbocycles. The third-order valence-electron chi connectivity index (χ3n) is 1.87. The van der Waals surface area contributed by atoms with Crippen molar-refractivity contribution < 1.29 is 19.2 Å². The van der Waals surface area contributed by atoms with E-state index in [0.717, 1.165) is 0 Å². The molecule has 0 unspecified atom stereocenters. The fourth-order valence-electron chi connectivity index (χ4n) is 1.14. The summed E-state index contributed by atoms with van der Waals surface area (Å²) in [5.41, 5.74) is 0. The van der Waals surface area contributed by atoms with Gasteiger partial charge in [-0.1, -0.05) is 0 Å². The molecular formula is C10H12N4O5.